The Hall–Kier alpha value is -5.78. The number of carbonyl (C=O) groups excluding carboxylic acids is 6. The maximum Gasteiger partial charge on any atom is 0.422 e. The zero-order valence-electron chi connectivity index (χ0n) is 28.3. The summed E-state index contributed by atoms with van der Waals surface area (Å²) < 4.78 is 22.6. The Morgan fingerprint density at radius 1 is 0.680 bits per heavy atom. The molecule has 0 fully saturated rings. The van der Waals surface area contributed by atoms with Gasteiger partial charge in [0.1, 0.15) is 28.6 Å². The average Bonchev–Trinajstić information content (AvgIpc) is 3.74. The number of imide groups is 2. The van der Waals surface area contributed by atoms with Crippen molar-refractivity contribution in [3.8, 4) is 11.5 Å². The normalized spacial score (nSPS) is 20.7. The van der Waals surface area contributed by atoms with E-state index in [-0.39, 0.29) is 39.5 Å². The number of carbonyl (C=O) groups is 6. The van der Waals surface area contributed by atoms with Crippen molar-refractivity contribution in [1.82, 2.24) is 0 Å². The molecule has 12 nitrogen and oxygen atoms in total. The molecule has 256 valence electrons. The van der Waals surface area contributed by atoms with Gasteiger partial charge in [0.15, 0.2) is 0 Å². The highest BCUT2D eigenvalue weighted by Crippen LogP contribution is 2.54. The third-order valence-electron chi connectivity index (χ3n) is 9.80. The van der Waals surface area contributed by atoms with Gasteiger partial charge in [-0.1, -0.05) is 50.2 Å². The lowest BCUT2D eigenvalue weighted by Gasteiger charge is -2.26. The number of para-hydroxylation sites is 2. The van der Waals surface area contributed by atoms with E-state index >= 15 is 0 Å². The molecule has 2 atom stereocenters. The van der Waals surface area contributed by atoms with Gasteiger partial charge in [-0.2, -0.15) is 0 Å². The summed E-state index contributed by atoms with van der Waals surface area (Å²) in [6, 6.07) is 16.1. The average molecular weight is 679 g/mol. The van der Waals surface area contributed by atoms with Crippen molar-refractivity contribution in [1.29, 1.82) is 0 Å². The predicted octanol–water partition coefficient (Wildman–Crippen LogP) is 6.65. The van der Waals surface area contributed by atoms with E-state index in [1.165, 1.54) is 12.1 Å². The number of ether oxygens (including phenoxy) is 4. The number of anilines is 2. The van der Waals surface area contributed by atoms with Crippen molar-refractivity contribution in [2.75, 3.05) is 9.80 Å². The van der Waals surface area contributed by atoms with Crippen LogP contribution in [0.1, 0.15) is 88.5 Å². The van der Waals surface area contributed by atoms with Gasteiger partial charge in [0.05, 0.1) is 28.4 Å². The van der Waals surface area contributed by atoms with Gasteiger partial charge in [0, 0.05) is 16.7 Å². The van der Waals surface area contributed by atoms with Crippen LogP contribution in [-0.4, -0.2) is 47.1 Å². The second kappa shape index (κ2) is 11.4. The van der Waals surface area contributed by atoms with Gasteiger partial charge in [0.2, 0.25) is 5.91 Å². The maximum atomic E-state index is 14.0. The lowest BCUT2D eigenvalue weighted by molar-refractivity contribution is -0.136. The highest BCUT2D eigenvalue weighted by molar-refractivity contribution is 6.49. The standard InChI is InChI=1S/C38H34N2O10/c1-7-37(3,4)49-35(45)39-23-15-11-9-13-19(23)27(31(39)41)29-21-17-26-22(18-25(21)47-33(29)43)30(34(44)48-26)28-20-14-10-12-16-24(20)40(32(28)42)36(46)50-38(5,6)8-2/h9-18,27,29H,7-8H2,1-6H3/b30-28+. The minimum atomic E-state index is -1.18. The molecule has 2 unspecified atom stereocenters. The zero-order chi connectivity index (χ0) is 35.9. The third kappa shape index (κ3) is 4.96. The summed E-state index contributed by atoms with van der Waals surface area (Å²) in [5, 5.41) is 0. The molecular weight excluding hydrogens is 644 g/mol. The summed E-state index contributed by atoms with van der Waals surface area (Å²) in [7, 11) is 0. The SMILES string of the molecule is CCC(C)(C)OC(=O)N1C(=O)/C(=C2/C(=O)Oc3cc4c(cc32)OC(=O)C4C2C(=O)N(C(=O)OC(C)(C)CC)c3ccccc32)c2ccccc21. The molecular formula is C38H34N2O10. The molecule has 4 aliphatic rings. The van der Waals surface area contributed by atoms with Gasteiger partial charge in [-0.25, -0.2) is 24.2 Å². The molecule has 4 amide bonds. The van der Waals surface area contributed by atoms with E-state index in [0.717, 1.165) is 9.80 Å². The highest BCUT2D eigenvalue weighted by Gasteiger charge is 2.53. The first-order chi connectivity index (χ1) is 23.7. The van der Waals surface area contributed by atoms with Gasteiger partial charge in [0.25, 0.3) is 5.91 Å². The minimum absolute atomic E-state index is 0.0395. The van der Waals surface area contributed by atoms with E-state index < -0.39 is 59.0 Å². The number of rotatable bonds is 5. The van der Waals surface area contributed by atoms with E-state index in [2.05, 4.69) is 0 Å². The van der Waals surface area contributed by atoms with Gasteiger partial charge in [-0.05, 0) is 70.4 Å². The highest BCUT2D eigenvalue weighted by atomic mass is 16.6. The number of hydrogen-bond donors (Lipinski definition) is 0. The molecule has 4 aliphatic heterocycles. The number of hydrogen-bond acceptors (Lipinski definition) is 10. The molecule has 0 bridgehead atoms. The molecule has 0 spiro atoms. The number of nitrogens with zero attached hydrogens (tertiary/aromatic N) is 2. The van der Waals surface area contributed by atoms with Crippen LogP contribution in [0.3, 0.4) is 0 Å². The molecule has 7 rings (SSSR count). The molecule has 0 radical (unpaired) electrons. The summed E-state index contributed by atoms with van der Waals surface area (Å²) in [6.07, 6.45) is -0.745. The third-order valence-corrected chi connectivity index (χ3v) is 9.80. The zero-order valence-corrected chi connectivity index (χ0v) is 28.3. The van der Waals surface area contributed by atoms with Crippen LogP contribution in [0.25, 0.3) is 11.1 Å². The molecule has 3 aromatic carbocycles. The first-order valence-corrected chi connectivity index (χ1v) is 16.4. The number of esters is 2. The Labute approximate surface area is 287 Å². The van der Waals surface area contributed by atoms with Gasteiger partial charge in [-0.15, -0.1) is 0 Å². The maximum absolute atomic E-state index is 14.0. The van der Waals surface area contributed by atoms with Crippen LogP contribution in [0, 0.1) is 0 Å². The van der Waals surface area contributed by atoms with Crippen LogP contribution in [0.15, 0.2) is 60.7 Å². The van der Waals surface area contributed by atoms with Gasteiger partial charge in [-0.3, -0.25) is 14.4 Å². The molecule has 4 heterocycles. The Morgan fingerprint density at radius 2 is 1.28 bits per heavy atom. The fourth-order valence-electron chi connectivity index (χ4n) is 6.50. The molecule has 0 aliphatic carbocycles. The first-order valence-electron chi connectivity index (χ1n) is 16.4. The van der Waals surface area contributed by atoms with Crippen LogP contribution in [0.4, 0.5) is 21.0 Å². The van der Waals surface area contributed by atoms with Crippen LogP contribution in [-0.2, 0) is 28.7 Å². The van der Waals surface area contributed by atoms with Crippen molar-refractivity contribution in [3.63, 3.8) is 0 Å². The van der Waals surface area contributed by atoms with E-state index in [4.69, 9.17) is 18.9 Å². The van der Waals surface area contributed by atoms with E-state index in [1.807, 2.05) is 13.8 Å². The summed E-state index contributed by atoms with van der Waals surface area (Å²) >= 11 is 0. The fourth-order valence-corrected chi connectivity index (χ4v) is 6.50. The monoisotopic (exact) mass is 678 g/mol. The number of fused-ring (bicyclic) bond motifs is 4. The Kier molecular flexibility index (Phi) is 7.47. The van der Waals surface area contributed by atoms with E-state index in [1.54, 1.807) is 76.2 Å². The molecule has 0 saturated carbocycles. The van der Waals surface area contributed by atoms with Gasteiger partial charge < -0.3 is 18.9 Å². The van der Waals surface area contributed by atoms with Crippen LogP contribution in [0.2, 0.25) is 0 Å². The smallest absolute Gasteiger partial charge is 0.422 e. The number of benzene rings is 3. The second-order valence-electron chi connectivity index (χ2n) is 13.8. The molecule has 12 heteroatoms. The topological polar surface area (TPSA) is 146 Å². The first kappa shape index (κ1) is 32.8. The second-order valence-corrected chi connectivity index (χ2v) is 13.8. The van der Waals surface area contributed by atoms with Crippen molar-refractivity contribution in [3.05, 3.63) is 82.9 Å². The molecule has 3 aromatic rings. The fraction of sp³-hybridized carbons (Fsp3) is 0.316. The summed E-state index contributed by atoms with van der Waals surface area (Å²) in [5.41, 5.74) is -0.129. The van der Waals surface area contributed by atoms with Crippen LogP contribution >= 0.6 is 0 Å². The van der Waals surface area contributed by atoms with Crippen LogP contribution in [0.5, 0.6) is 11.5 Å². The lowest BCUT2D eigenvalue weighted by atomic mass is 9.82. The van der Waals surface area contributed by atoms with Crippen molar-refractivity contribution in [2.24, 2.45) is 0 Å². The summed E-state index contributed by atoms with van der Waals surface area (Å²) in [5.74, 6) is -5.24. The Morgan fingerprint density at radius 3 is 1.94 bits per heavy atom. The molecule has 0 N–H and O–H groups in total. The lowest BCUT2D eigenvalue weighted by Crippen LogP contribution is -2.41. The molecule has 0 aromatic heterocycles. The summed E-state index contributed by atoms with van der Waals surface area (Å²) in [4.78, 5) is 83.6. The number of amides is 4. The van der Waals surface area contributed by atoms with Crippen molar-refractivity contribution in [2.45, 2.75) is 77.4 Å². The largest absolute Gasteiger partial charge is 0.443 e. The van der Waals surface area contributed by atoms with E-state index in [9.17, 15) is 28.8 Å². The summed E-state index contributed by atoms with van der Waals surface area (Å²) in [6.45, 7) is 10.6. The van der Waals surface area contributed by atoms with Crippen molar-refractivity contribution >= 4 is 58.5 Å². The quantitative estimate of drug-likeness (QED) is 0.163. The Bertz CT molecular complexity index is 2090. The van der Waals surface area contributed by atoms with Crippen molar-refractivity contribution < 1.29 is 47.7 Å². The molecule has 50 heavy (non-hydrogen) atoms. The minimum Gasteiger partial charge on any atom is -0.443 e. The van der Waals surface area contributed by atoms with Crippen LogP contribution < -0.4 is 19.3 Å². The predicted molar refractivity (Wildman–Crippen MR) is 180 cm³/mol. The molecule has 0 saturated heterocycles. The van der Waals surface area contributed by atoms with Gasteiger partial charge >= 0.3 is 24.1 Å². The van der Waals surface area contributed by atoms with E-state index in [0.29, 0.717) is 29.7 Å². The Balaban J connectivity index is 1.29.